The largest absolute Gasteiger partial charge is 0.485 e. The Morgan fingerprint density at radius 2 is 1.81 bits per heavy atom. The van der Waals surface area contributed by atoms with Crippen molar-refractivity contribution < 1.29 is 9.47 Å². The highest BCUT2D eigenvalue weighted by Gasteiger charge is 2.25. The Balaban J connectivity index is 1.89. The van der Waals surface area contributed by atoms with Crippen molar-refractivity contribution in [2.75, 3.05) is 13.2 Å². The van der Waals surface area contributed by atoms with Crippen molar-refractivity contribution in [3.8, 4) is 11.5 Å². The number of benzene rings is 1. The molecule has 0 fully saturated rings. The Hall–Kier alpha value is -2.14. The van der Waals surface area contributed by atoms with Crippen LogP contribution in [0.1, 0.15) is 28.9 Å². The predicted octanol–water partition coefficient (Wildman–Crippen LogP) is 2.11. The molecule has 2 N–H and O–H groups in total. The first-order valence-corrected chi connectivity index (χ1v) is 7.11. The van der Waals surface area contributed by atoms with Gasteiger partial charge in [-0.3, -0.25) is 0 Å². The summed E-state index contributed by atoms with van der Waals surface area (Å²) in [4.78, 5) is 9.16. The number of nitrogens with two attached hydrogens (primary N) is 1. The monoisotopic (exact) mass is 285 g/mol. The van der Waals surface area contributed by atoms with E-state index in [1.165, 1.54) is 0 Å². The fraction of sp³-hybridized carbons (Fsp3) is 0.375. The van der Waals surface area contributed by atoms with Gasteiger partial charge in [-0.2, -0.15) is 0 Å². The summed E-state index contributed by atoms with van der Waals surface area (Å²) < 4.78 is 11.7. The Morgan fingerprint density at radius 1 is 1.14 bits per heavy atom. The highest BCUT2D eigenvalue weighted by molar-refractivity contribution is 5.41. The highest BCUT2D eigenvalue weighted by Crippen LogP contribution is 2.35. The molecule has 1 atom stereocenters. The molecule has 0 radical (unpaired) electrons. The maximum atomic E-state index is 5.95. The molecule has 21 heavy (non-hydrogen) atoms. The van der Waals surface area contributed by atoms with Gasteiger partial charge < -0.3 is 15.2 Å². The van der Waals surface area contributed by atoms with E-state index in [4.69, 9.17) is 15.2 Å². The second-order valence-corrected chi connectivity index (χ2v) is 5.13. The van der Waals surface area contributed by atoms with Crippen LogP contribution in [0.15, 0.2) is 24.3 Å². The zero-order valence-electron chi connectivity index (χ0n) is 12.3. The second kappa shape index (κ2) is 5.69. The summed E-state index contributed by atoms with van der Waals surface area (Å²) in [6, 6.07) is 7.64. The highest BCUT2D eigenvalue weighted by atomic mass is 16.6. The lowest BCUT2D eigenvalue weighted by Gasteiger charge is -2.26. The number of aryl methyl sites for hydroxylation is 2. The summed E-state index contributed by atoms with van der Waals surface area (Å²) in [5.74, 6) is 2.17. The van der Waals surface area contributed by atoms with Gasteiger partial charge in [0.25, 0.3) is 0 Å². The molecule has 2 aromatic rings. The van der Waals surface area contributed by atoms with Gasteiger partial charge in [0.1, 0.15) is 6.61 Å². The van der Waals surface area contributed by atoms with Gasteiger partial charge in [-0.05, 0) is 44.5 Å². The smallest absolute Gasteiger partial charge is 0.192 e. The van der Waals surface area contributed by atoms with Crippen molar-refractivity contribution in [2.24, 2.45) is 5.73 Å². The molecule has 3 rings (SSSR count). The number of hydrogen-bond acceptors (Lipinski definition) is 5. The standard InChI is InChI=1S/C16H19N3O2/c1-10-12(7-8-17)11(2)19-16(18-10)15-9-20-13-5-3-4-6-14(13)21-15/h3-6,15H,7-9,17H2,1-2H3. The number of ether oxygens (including phenoxy) is 2. The number of fused-ring (bicyclic) bond motifs is 1. The van der Waals surface area contributed by atoms with Crippen molar-refractivity contribution >= 4 is 0 Å². The van der Waals surface area contributed by atoms with Gasteiger partial charge in [0, 0.05) is 11.4 Å². The lowest BCUT2D eigenvalue weighted by molar-refractivity contribution is 0.0847. The van der Waals surface area contributed by atoms with Gasteiger partial charge in [-0.1, -0.05) is 12.1 Å². The predicted molar refractivity (Wildman–Crippen MR) is 79.6 cm³/mol. The lowest BCUT2D eigenvalue weighted by atomic mass is 10.1. The van der Waals surface area contributed by atoms with Crippen molar-refractivity contribution in [2.45, 2.75) is 26.4 Å². The minimum atomic E-state index is -0.274. The van der Waals surface area contributed by atoms with E-state index < -0.39 is 0 Å². The van der Waals surface area contributed by atoms with Gasteiger partial charge in [0.15, 0.2) is 23.4 Å². The van der Waals surface area contributed by atoms with Crippen molar-refractivity contribution in [3.63, 3.8) is 0 Å². The SMILES string of the molecule is Cc1nc(C2COc3ccccc3O2)nc(C)c1CCN. The van der Waals surface area contributed by atoms with E-state index >= 15 is 0 Å². The first kappa shape index (κ1) is 13.8. The Labute approximate surface area is 124 Å². The topological polar surface area (TPSA) is 70.3 Å². The third kappa shape index (κ3) is 2.69. The maximum absolute atomic E-state index is 5.95. The third-order valence-corrected chi connectivity index (χ3v) is 3.63. The average Bonchev–Trinajstić information content (AvgIpc) is 2.50. The van der Waals surface area contributed by atoms with Crippen LogP contribution in [0.5, 0.6) is 11.5 Å². The summed E-state index contributed by atoms with van der Waals surface area (Å²) >= 11 is 0. The molecule has 0 bridgehead atoms. The van der Waals surface area contributed by atoms with Crippen LogP contribution < -0.4 is 15.2 Å². The van der Waals surface area contributed by atoms with Crippen molar-refractivity contribution in [1.29, 1.82) is 0 Å². The zero-order valence-corrected chi connectivity index (χ0v) is 12.3. The normalized spacial score (nSPS) is 16.8. The van der Waals surface area contributed by atoms with Gasteiger partial charge >= 0.3 is 0 Å². The van der Waals surface area contributed by atoms with E-state index in [0.717, 1.165) is 34.9 Å². The number of para-hydroxylation sites is 2. The fourth-order valence-electron chi connectivity index (χ4n) is 2.56. The van der Waals surface area contributed by atoms with Gasteiger partial charge in [-0.25, -0.2) is 9.97 Å². The molecule has 0 saturated heterocycles. The van der Waals surface area contributed by atoms with E-state index in [2.05, 4.69) is 9.97 Å². The van der Waals surface area contributed by atoms with Crippen LogP contribution in [0.3, 0.4) is 0 Å². The molecule has 1 aromatic carbocycles. The first-order chi connectivity index (χ1) is 10.2. The molecule has 0 spiro atoms. The number of nitrogens with zero attached hydrogens (tertiary/aromatic N) is 2. The molecule has 1 aliphatic rings. The van der Waals surface area contributed by atoms with Crippen LogP contribution in [0, 0.1) is 13.8 Å². The average molecular weight is 285 g/mol. The summed E-state index contributed by atoms with van der Waals surface area (Å²) in [7, 11) is 0. The van der Waals surface area contributed by atoms with Gasteiger partial charge in [0.05, 0.1) is 0 Å². The summed E-state index contributed by atoms with van der Waals surface area (Å²) in [5.41, 5.74) is 8.68. The molecule has 5 nitrogen and oxygen atoms in total. The van der Waals surface area contributed by atoms with Crippen LogP contribution in [0.4, 0.5) is 0 Å². The molecular weight excluding hydrogens is 266 g/mol. The van der Waals surface area contributed by atoms with E-state index in [-0.39, 0.29) is 6.10 Å². The first-order valence-electron chi connectivity index (χ1n) is 7.11. The molecule has 110 valence electrons. The Kier molecular flexibility index (Phi) is 3.75. The zero-order chi connectivity index (χ0) is 14.8. The summed E-state index contributed by atoms with van der Waals surface area (Å²) in [6.45, 7) is 4.99. The number of rotatable bonds is 3. The molecule has 0 saturated carbocycles. The van der Waals surface area contributed by atoms with Crippen LogP contribution in [-0.4, -0.2) is 23.1 Å². The summed E-state index contributed by atoms with van der Waals surface area (Å²) in [5, 5.41) is 0. The van der Waals surface area contributed by atoms with E-state index in [9.17, 15) is 0 Å². The number of aromatic nitrogens is 2. The van der Waals surface area contributed by atoms with Crippen LogP contribution in [0.2, 0.25) is 0 Å². The molecule has 2 heterocycles. The minimum Gasteiger partial charge on any atom is -0.485 e. The Morgan fingerprint density at radius 3 is 2.48 bits per heavy atom. The van der Waals surface area contributed by atoms with Gasteiger partial charge in [0.2, 0.25) is 0 Å². The fourth-order valence-corrected chi connectivity index (χ4v) is 2.56. The van der Waals surface area contributed by atoms with Crippen molar-refractivity contribution in [3.05, 3.63) is 47.0 Å². The van der Waals surface area contributed by atoms with Gasteiger partial charge in [-0.15, -0.1) is 0 Å². The van der Waals surface area contributed by atoms with E-state index in [1.807, 2.05) is 38.1 Å². The number of hydrogen-bond donors (Lipinski definition) is 1. The third-order valence-electron chi connectivity index (χ3n) is 3.63. The minimum absolute atomic E-state index is 0.274. The molecule has 0 aliphatic carbocycles. The van der Waals surface area contributed by atoms with E-state index in [1.54, 1.807) is 0 Å². The lowest BCUT2D eigenvalue weighted by Crippen LogP contribution is -2.24. The van der Waals surface area contributed by atoms with Crippen LogP contribution in [-0.2, 0) is 6.42 Å². The second-order valence-electron chi connectivity index (χ2n) is 5.13. The maximum Gasteiger partial charge on any atom is 0.192 e. The summed E-state index contributed by atoms with van der Waals surface area (Å²) in [6.07, 6.45) is 0.521. The quantitative estimate of drug-likeness (QED) is 0.935. The Bertz CT molecular complexity index is 635. The van der Waals surface area contributed by atoms with Crippen LogP contribution in [0.25, 0.3) is 0 Å². The van der Waals surface area contributed by atoms with E-state index in [0.29, 0.717) is 19.0 Å². The molecule has 5 heteroatoms. The molecule has 1 aliphatic heterocycles. The van der Waals surface area contributed by atoms with Crippen LogP contribution >= 0.6 is 0 Å². The molecule has 1 unspecified atom stereocenters. The molecule has 1 aromatic heterocycles. The molecular formula is C16H19N3O2. The van der Waals surface area contributed by atoms with Crippen molar-refractivity contribution in [1.82, 2.24) is 9.97 Å². The molecule has 0 amide bonds.